The van der Waals surface area contributed by atoms with Crippen LogP contribution in [0.2, 0.25) is 0 Å². The van der Waals surface area contributed by atoms with Gasteiger partial charge in [-0.1, -0.05) is 0 Å². The van der Waals surface area contributed by atoms with E-state index in [0.29, 0.717) is 26.2 Å². The summed E-state index contributed by atoms with van der Waals surface area (Å²) in [5, 5.41) is 8.61. The van der Waals surface area contributed by atoms with E-state index in [4.69, 9.17) is 14.6 Å². The predicted octanol–water partition coefficient (Wildman–Crippen LogP) is 0.463. The summed E-state index contributed by atoms with van der Waals surface area (Å²) in [5.74, 6) is -1.02. The van der Waals surface area contributed by atoms with Gasteiger partial charge in [0.2, 0.25) is 0 Å². The highest BCUT2D eigenvalue weighted by Gasteiger charge is 2.42. The van der Waals surface area contributed by atoms with Crippen molar-refractivity contribution in [2.45, 2.75) is 24.9 Å². The average Bonchev–Trinajstić information content (AvgIpc) is 2.23. The van der Waals surface area contributed by atoms with Crippen molar-refractivity contribution in [1.29, 1.82) is 0 Å². The van der Waals surface area contributed by atoms with Gasteiger partial charge in [0.1, 0.15) is 12.1 Å². The molecule has 1 amide bonds. The molecular weight excluding hydrogens is 214 g/mol. The number of nitrogens with zero attached hydrogens (tertiary/aromatic N) is 1. The zero-order valence-corrected chi connectivity index (χ0v) is 8.98. The average molecular weight is 229 g/mol. The van der Waals surface area contributed by atoms with Crippen LogP contribution >= 0.6 is 0 Å². The minimum atomic E-state index is -1.02. The van der Waals surface area contributed by atoms with Gasteiger partial charge in [-0.2, -0.15) is 0 Å². The molecule has 2 heterocycles. The number of carboxylic acids is 1. The van der Waals surface area contributed by atoms with Crippen molar-refractivity contribution in [3.05, 3.63) is 0 Å². The number of amides is 1. The van der Waals surface area contributed by atoms with Crippen LogP contribution in [0.5, 0.6) is 0 Å². The third-order valence-corrected chi connectivity index (χ3v) is 3.01. The molecule has 1 spiro atoms. The Morgan fingerprint density at radius 3 is 2.88 bits per heavy atom. The SMILES string of the molecule is O=C(O)CN1CCC2(CCCOC2)OC1=O. The summed E-state index contributed by atoms with van der Waals surface area (Å²) in [6.45, 7) is 1.27. The first-order valence-corrected chi connectivity index (χ1v) is 5.39. The van der Waals surface area contributed by atoms with E-state index in [-0.39, 0.29) is 6.54 Å². The molecule has 1 unspecified atom stereocenters. The van der Waals surface area contributed by atoms with Crippen LogP contribution in [0.1, 0.15) is 19.3 Å². The Hall–Kier alpha value is -1.30. The molecule has 0 saturated carbocycles. The van der Waals surface area contributed by atoms with Gasteiger partial charge >= 0.3 is 12.1 Å². The van der Waals surface area contributed by atoms with Crippen molar-refractivity contribution >= 4 is 12.1 Å². The Kier molecular flexibility index (Phi) is 3.00. The molecule has 2 aliphatic rings. The Morgan fingerprint density at radius 1 is 1.50 bits per heavy atom. The van der Waals surface area contributed by atoms with Crippen molar-refractivity contribution in [2.24, 2.45) is 0 Å². The summed E-state index contributed by atoms with van der Waals surface area (Å²) in [6, 6.07) is 0. The van der Waals surface area contributed by atoms with Gasteiger partial charge in [0.15, 0.2) is 0 Å². The fourth-order valence-corrected chi connectivity index (χ4v) is 2.14. The van der Waals surface area contributed by atoms with E-state index >= 15 is 0 Å². The van der Waals surface area contributed by atoms with Gasteiger partial charge in [-0.3, -0.25) is 9.69 Å². The van der Waals surface area contributed by atoms with Crippen molar-refractivity contribution < 1.29 is 24.2 Å². The number of hydrogen-bond donors (Lipinski definition) is 1. The Balaban J connectivity index is 1.96. The minimum Gasteiger partial charge on any atom is -0.480 e. The molecule has 2 rings (SSSR count). The van der Waals surface area contributed by atoms with Crippen LogP contribution in [-0.2, 0) is 14.3 Å². The molecule has 0 aromatic heterocycles. The third kappa shape index (κ3) is 2.27. The maximum absolute atomic E-state index is 11.6. The maximum atomic E-state index is 11.6. The largest absolute Gasteiger partial charge is 0.480 e. The molecule has 0 aromatic carbocycles. The second kappa shape index (κ2) is 4.29. The summed E-state index contributed by atoms with van der Waals surface area (Å²) >= 11 is 0. The van der Waals surface area contributed by atoms with E-state index in [1.807, 2.05) is 0 Å². The van der Waals surface area contributed by atoms with Gasteiger partial charge in [0.25, 0.3) is 0 Å². The molecule has 2 aliphatic heterocycles. The lowest BCUT2D eigenvalue weighted by molar-refractivity contribution is -0.144. The number of carbonyl (C=O) groups is 2. The molecule has 2 saturated heterocycles. The lowest BCUT2D eigenvalue weighted by Crippen LogP contribution is -2.54. The van der Waals surface area contributed by atoms with Crippen LogP contribution in [0.4, 0.5) is 4.79 Å². The lowest BCUT2D eigenvalue weighted by Gasteiger charge is -2.42. The normalized spacial score (nSPS) is 30.2. The van der Waals surface area contributed by atoms with Crippen LogP contribution < -0.4 is 0 Å². The quantitative estimate of drug-likeness (QED) is 0.744. The molecule has 0 aromatic rings. The summed E-state index contributed by atoms with van der Waals surface area (Å²) in [7, 11) is 0. The molecule has 6 nitrogen and oxygen atoms in total. The molecule has 16 heavy (non-hydrogen) atoms. The lowest BCUT2D eigenvalue weighted by atomic mass is 9.91. The fraction of sp³-hybridized carbons (Fsp3) is 0.800. The van der Waals surface area contributed by atoms with Gasteiger partial charge in [-0.15, -0.1) is 0 Å². The van der Waals surface area contributed by atoms with E-state index in [1.165, 1.54) is 4.90 Å². The molecule has 0 aliphatic carbocycles. The van der Waals surface area contributed by atoms with Crippen molar-refractivity contribution in [3.8, 4) is 0 Å². The summed E-state index contributed by atoms with van der Waals surface area (Å²) in [6.07, 6.45) is 1.79. The first-order chi connectivity index (χ1) is 7.61. The topological polar surface area (TPSA) is 76.1 Å². The second-order valence-corrected chi connectivity index (χ2v) is 4.27. The third-order valence-electron chi connectivity index (χ3n) is 3.01. The van der Waals surface area contributed by atoms with E-state index in [0.717, 1.165) is 12.8 Å². The van der Waals surface area contributed by atoms with E-state index in [2.05, 4.69) is 0 Å². The first kappa shape index (κ1) is 11.2. The van der Waals surface area contributed by atoms with Gasteiger partial charge in [-0.25, -0.2) is 4.79 Å². The molecule has 6 heteroatoms. The highest BCUT2D eigenvalue weighted by atomic mass is 16.6. The first-order valence-electron chi connectivity index (χ1n) is 5.39. The van der Waals surface area contributed by atoms with Crippen LogP contribution in [0.15, 0.2) is 0 Å². The predicted molar refractivity (Wildman–Crippen MR) is 53.1 cm³/mol. The summed E-state index contributed by atoms with van der Waals surface area (Å²) in [4.78, 5) is 23.3. The van der Waals surface area contributed by atoms with Gasteiger partial charge < -0.3 is 14.6 Å². The fourth-order valence-electron chi connectivity index (χ4n) is 2.14. The van der Waals surface area contributed by atoms with Crippen molar-refractivity contribution in [2.75, 3.05) is 26.3 Å². The van der Waals surface area contributed by atoms with Crippen LogP contribution in [0.3, 0.4) is 0 Å². The number of aliphatic carboxylic acids is 1. The molecule has 2 fully saturated rings. The monoisotopic (exact) mass is 229 g/mol. The van der Waals surface area contributed by atoms with E-state index in [9.17, 15) is 9.59 Å². The Morgan fingerprint density at radius 2 is 2.31 bits per heavy atom. The Labute approximate surface area is 93.1 Å². The number of rotatable bonds is 2. The molecule has 0 radical (unpaired) electrons. The molecular formula is C10H15NO5. The van der Waals surface area contributed by atoms with E-state index < -0.39 is 17.7 Å². The molecule has 1 N–H and O–H groups in total. The van der Waals surface area contributed by atoms with E-state index in [1.54, 1.807) is 0 Å². The molecule has 0 bridgehead atoms. The molecule has 90 valence electrons. The molecule has 1 atom stereocenters. The number of carboxylic acid groups (broad SMARTS) is 1. The maximum Gasteiger partial charge on any atom is 0.410 e. The number of hydrogen-bond acceptors (Lipinski definition) is 4. The van der Waals surface area contributed by atoms with Gasteiger partial charge in [0, 0.05) is 19.6 Å². The Bertz CT molecular complexity index is 298. The van der Waals surface area contributed by atoms with Crippen LogP contribution in [0, 0.1) is 0 Å². The summed E-state index contributed by atoms with van der Waals surface area (Å²) in [5.41, 5.74) is -0.510. The van der Waals surface area contributed by atoms with Crippen molar-refractivity contribution in [1.82, 2.24) is 4.90 Å². The zero-order chi connectivity index (χ0) is 11.6. The highest BCUT2D eigenvalue weighted by molar-refractivity contribution is 5.77. The number of ether oxygens (including phenoxy) is 2. The summed E-state index contributed by atoms with van der Waals surface area (Å²) < 4.78 is 10.6. The number of carbonyl (C=O) groups excluding carboxylic acids is 1. The van der Waals surface area contributed by atoms with Crippen LogP contribution in [-0.4, -0.2) is 54.0 Å². The highest BCUT2D eigenvalue weighted by Crippen LogP contribution is 2.31. The minimum absolute atomic E-state index is 0.296. The van der Waals surface area contributed by atoms with Gasteiger partial charge in [0.05, 0.1) is 6.61 Å². The van der Waals surface area contributed by atoms with Crippen molar-refractivity contribution in [3.63, 3.8) is 0 Å². The zero-order valence-electron chi connectivity index (χ0n) is 8.98. The van der Waals surface area contributed by atoms with Crippen LogP contribution in [0.25, 0.3) is 0 Å². The standard InChI is InChI=1S/C10H15NO5/c12-8(13)6-11-4-3-10(16-9(11)14)2-1-5-15-7-10/h1-7H2,(H,12,13). The second-order valence-electron chi connectivity index (χ2n) is 4.27. The smallest absolute Gasteiger partial charge is 0.410 e. The van der Waals surface area contributed by atoms with Gasteiger partial charge in [-0.05, 0) is 12.8 Å².